The lowest BCUT2D eigenvalue weighted by Crippen LogP contribution is -2.21. The van der Waals surface area contributed by atoms with E-state index < -0.39 is 29.2 Å². The third-order valence-corrected chi connectivity index (χ3v) is 3.55. The Balaban J connectivity index is 1.99. The Bertz CT molecular complexity index is 812. The van der Waals surface area contributed by atoms with Gasteiger partial charge in [0.05, 0.1) is 16.2 Å². The Morgan fingerprint density at radius 2 is 1.96 bits per heavy atom. The van der Waals surface area contributed by atoms with Crippen molar-refractivity contribution < 1.29 is 23.6 Å². The molecule has 0 aromatic heterocycles. The summed E-state index contributed by atoms with van der Waals surface area (Å²) in [6.07, 6.45) is 0. The molecule has 2 rings (SSSR count). The molecule has 1 N–H and O–H groups in total. The minimum Gasteiger partial charge on any atom is -0.452 e. The summed E-state index contributed by atoms with van der Waals surface area (Å²) in [6, 6.07) is 9.18. The van der Waals surface area contributed by atoms with Gasteiger partial charge < -0.3 is 10.1 Å². The van der Waals surface area contributed by atoms with Gasteiger partial charge in [-0.15, -0.1) is 0 Å². The van der Waals surface area contributed by atoms with Crippen LogP contribution in [0.15, 0.2) is 46.9 Å². The quantitative estimate of drug-likeness (QED) is 0.474. The van der Waals surface area contributed by atoms with Crippen molar-refractivity contribution in [2.75, 3.05) is 11.9 Å². The van der Waals surface area contributed by atoms with Crippen LogP contribution in [0, 0.1) is 15.9 Å². The van der Waals surface area contributed by atoms with Crippen LogP contribution in [0.5, 0.6) is 0 Å². The van der Waals surface area contributed by atoms with Gasteiger partial charge >= 0.3 is 5.97 Å². The molecule has 0 aliphatic carbocycles. The first-order valence-electron chi connectivity index (χ1n) is 6.54. The molecule has 2 aromatic rings. The number of nitro groups is 1. The molecule has 0 heterocycles. The highest BCUT2D eigenvalue weighted by Gasteiger charge is 2.16. The number of halogens is 2. The van der Waals surface area contributed by atoms with E-state index in [1.54, 1.807) is 18.2 Å². The smallest absolute Gasteiger partial charge is 0.339 e. The number of hydrogen-bond donors (Lipinski definition) is 1. The second kappa shape index (κ2) is 7.64. The maximum Gasteiger partial charge on any atom is 0.339 e. The van der Waals surface area contributed by atoms with Gasteiger partial charge in [-0.3, -0.25) is 14.9 Å². The van der Waals surface area contributed by atoms with Gasteiger partial charge in [0.2, 0.25) is 0 Å². The summed E-state index contributed by atoms with van der Waals surface area (Å²) in [6.45, 7) is -0.664. The molecule has 0 atom stereocenters. The largest absolute Gasteiger partial charge is 0.452 e. The number of ether oxygens (including phenoxy) is 1. The van der Waals surface area contributed by atoms with Crippen LogP contribution in [-0.2, 0) is 9.53 Å². The van der Waals surface area contributed by atoms with Gasteiger partial charge in [-0.2, -0.15) is 0 Å². The van der Waals surface area contributed by atoms with Crippen molar-refractivity contribution in [1.82, 2.24) is 0 Å². The maximum absolute atomic E-state index is 13.6. The standard InChI is InChI=1S/C15H10BrFN2O5/c16-11-4-2-1-3-10(11)15(21)24-8-14(20)18-13-7-9(19(22)23)5-6-12(13)17/h1-7H,8H2,(H,18,20). The monoisotopic (exact) mass is 396 g/mol. The van der Waals surface area contributed by atoms with Gasteiger partial charge in [-0.1, -0.05) is 12.1 Å². The molecule has 1 amide bonds. The highest BCUT2D eigenvalue weighted by atomic mass is 79.9. The molecule has 9 heteroatoms. The van der Waals surface area contributed by atoms with E-state index in [1.165, 1.54) is 6.07 Å². The van der Waals surface area contributed by atoms with E-state index in [0.29, 0.717) is 4.47 Å². The van der Waals surface area contributed by atoms with Gasteiger partial charge in [0.1, 0.15) is 5.82 Å². The second-order valence-electron chi connectivity index (χ2n) is 4.53. The number of nitro benzene ring substituents is 1. The SMILES string of the molecule is O=C(COC(=O)c1ccccc1Br)Nc1cc([N+](=O)[O-])ccc1F. The van der Waals surface area contributed by atoms with E-state index in [0.717, 1.165) is 18.2 Å². The van der Waals surface area contributed by atoms with Crippen LogP contribution < -0.4 is 5.32 Å². The molecule has 0 bridgehead atoms. The third kappa shape index (κ3) is 4.35. The first-order chi connectivity index (χ1) is 11.4. The van der Waals surface area contributed by atoms with Gasteiger partial charge in [0.15, 0.2) is 6.61 Å². The van der Waals surface area contributed by atoms with Gasteiger partial charge in [-0.25, -0.2) is 9.18 Å². The Kier molecular flexibility index (Phi) is 5.59. The molecule has 0 aliphatic heterocycles. The van der Waals surface area contributed by atoms with Crippen molar-refractivity contribution in [3.05, 3.63) is 68.4 Å². The van der Waals surface area contributed by atoms with E-state index in [-0.39, 0.29) is 16.9 Å². The molecule has 124 valence electrons. The van der Waals surface area contributed by atoms with E-state index >= 15 is 0 Å². The van der Waals surface area contributed by atoms with E-state index in [2.05, 4.69) is 21.2 Å². The Morgan fingerprint density at radius 3 is 2.62 bits per heavy atom. The summed E-state index contributed by atoms with van der Waals surface area (Å²) >= 11 is 3.17. The highest BCUT2D eigenvalue weighted by Crippen LogP contribution is 2.21. The van der Waals surface area contributed by atoms with E-state index in [9.17, 15) is 24.1 Å². The Hall–Kier alpha value is -2.81. The number of hydrogen-bond acceptors (Lipinski definition) is 5. The lowest BCUT2D eigenvalue weighted by atomic mass is 10.2. The lowest BCUT2D eigenvalue weighted by molar-refractivity contribution is -0.384. The fourth-order valence-electron chi connectivity index (χ4n) is 1.74. The number of nitrogens with zero attached hydrogens (tertiary/aromatic N) is 1. The van der Waals surface area contributed by atoms with Crippen LogP contribution in [-0.4, -0.2) is 23.4 Å². The number of esters is 1. The molecule has 0 saturated heterocycles. The number of carbonyl (C=O) groups excluding carboxylic acids is 2. The summed E-state index contributed by atoms with van der Waals surface area (Å²) in [7, 11) is 0. The van der Waals surface area contributed by atoms with Crippen LogP contribution >= 0.6 is 15.9 Å². The summed E-state index contributed by atoms with van der Waals surface area (Å²) in [5.41, 5.74) is -0.519. The molecular formula is C15H10BrFN2O5. The lowest BCUT2D eigenvalue weighted by Gasteiger charge is -2.08. The minimum absolute atomic E-state index is 0.229. The molecule has 0 spiro atoms. The first-order valence-corrected chi connectivity index (χ1v) is 7.33. The minimum atomic E-state index is -0.842. The Labute approximate surface area is 143 Å². The molecule has 24 heavy (non-hydrogen) atoms. The van der Waals surface area contributed by atoms with Crippen molar-refractivity contribution in [2.24, 2.45) is 0 Å². The number of amides is 1. The molecular weight excluding hydrogens is 387 g/mol. The number of carbonyl (C=O) groups is 2. The number of anilines is 1. The average molecular weight is 397 g/mol. The summed E-state index contributed by atoms with van der Waals surface area (Å²) in [5.74, 6) is -2.40. The molecule has 0 unspecified atom stereocenters. The molecule has 0 fully saturated rings. The number of non-ortho nitro benzene ring substituents is 1. The van der Waals surface area contributed by atoms with Gasteiger partial charge in [-0.05, 0) is 34.1 Å². The zero-order chi connectivity index (χ0) is 17.7. The van der Waals surface area contributed by atoms with Crippen LogP contribution in [0.25, 0.3) is 0 Å². The Morgan fingerprint density at radius 1 is 1.25 bits per heavy atom. The van der Waals surface area contributed by atoms with E-state index in [4.69, 9.17) is 4.74 Å². The van der Waals surface area contributed by atoms with Crippen LogP contribution in [0.2, 0.25) is 0 Å². The molecule has 7 nitrogen and oxygen atoms in total. The maximum atomic E-state index is 13.6. The van der Waals surface area contributed by atoms with Crippen LogP contribution in [0.4, 0.5) is 15.8 Å². The fraction of sp³-hybridized carbons (Fsp3) is 0.0667. The van der Waals surface area contributed by atoms with Gasteiger partial charge in [0.25, 0.3) is 11.6 Å². The van der Waals surface area contributed by atoms with Crippen LogP contribution in [0.1, 0.15) is 10.4 Å². The third-order valence-electron chi connectivity index (χ3n) is 2.86. The van der Waals surface area contributed by atoms with Crippen molar-refractivity contribution in [3.63, 3.8) is 0 Å². The molecule has 2 aromatic carbocycles. The number of rotatable bonds is 5. The van der Waals surface area contributed by atoms with Crippen molar-refractivity contribution in [2.45, 2.75) is 0 Å². The zero-order valence-corrected chi connectivity index (χ0v) is 13.6. The topological polar surface area (TPSA) is 98.5 Å². The van der Waals surface area contributed by atoms with Gasteiger partial charge in [0, 0.05) is 16.6 Å². The van der Waals surface area contributed by atoms with Crippen molar-refractivity contribution in [3.8, 4) is 0 Å². The highest BCUT2D eigenvalue weighted by molar-refractivity contribution is 9.10. The predicted molar refractivity (Wildman–Crippen MR) is 86.1 cm³/mol. The molecule has 0 radical (unpaired) electrons. The first kappa shape index (κ1) is 17.5. The second-order valence-corrected chi connectivity index (χ2v) is 5.38. The zero-order valence-electron chi connectivity index (χ0n) is 12.0. The van der Waals surface area contributed by atoms with Crippen LogP contribution in [0.3, 0.4) is 0 Å². The summed E-state index contributed by atoms with van der Waals surface area (Å²) in [4.78, 5) is 33.5. The van der Waals surface area contributed by atoms with Crippen molar-refractivity contribution in [1.29, 1.82) is 0 Å². The fourth-order valence-corrected chi connectivity index (χ4v) is 2.19. The van der Waals surface area contributed by atoms with Crippen molar-refractivity contribution >= 4 is 39.2 Å². The normalized spacial score (nSPS) is 10.1. The molecule has 0 aliphatic rings. The summed E-state index contributed by atoms with van der Waals surface area (Å²) in [5, 5.41) is 12.8. The average Bonchev–Trinajstić information content (AvgIpc) is 2.55. The number of benzene rings is 2. The number of nitrogens with one attached hydrogen (secondary N) is 1. The van der Waals surface area contributed by atoms with E-state index in [1.807, 2.05) is 0 Å². The molecule has 0 saturated carbocycles. The summed E-state index contributed by atoms with van der Waals surface area (Å²) < 4.78 is 18.9. The predicted octanol–water partition coefficient (Wildman–Crippen LogP) is 3.29.